The summed E-state index contributed by atoms with van der Waals surface area (Å²) in [5.41, 5.74) is -4.05. The van der Waals surface area contributed by atoms with Gasteiger partial charge in [0.1, 0.15) is 24.0 Å². The van der Waals surface area contributed by atoms with Gasteiger partial charge >= 0.3 is 18.8 Å². The quantitative estimate of drug-likeness (QED) is 0.301. The number of nitrogens with one attached hydrogen (secondary N) is 1. The van der Waals surface area contributed by atoms with Crippen LogP contribution in [-0.2, 0) is 14.8 Å². The molecule has 246 valence electrons. The van der Waals surface area contributed by atoms with E-state index in [1.165, 1.54) is 0 Å². The standard InChI is InChI=1S/C25H27F5N6O8S/c1-24(2,25(28,29)30)36(23(39)40)14-3-4-18-17(8-14)35(11-15(44-18)10-32-20(38)16-7-13(16)9-31)45(41,42)19-12-34(22(26)27)33-21(19)43-6-5-37/h3-4,8,12-13,15-16,22,37H,5-7,10-11H2,1-2H3,(H,32,38)(H,39,40)/t13-,15+,16-/m1/s1. The van der Waals surface area contributed by atoms with Gasteiger partial charge in [0.05, 0.1) is 55.2 Å². The lowest BCUT2D eigenvalue weighted by molar-refractivity contribution is -0.175. The van der Waals surface area contributed by atoms with Crippen molar-refractivity contribution >= 4 is 33.4 Å². The minimum absolute atomic E-state index is 0.0176. The zero-order valence-electron chi connectivity index (χ0n) is 23.5. The number of aliphatic hydroxyl groups is 1. The Kier molecular flexibility index (Phi) is 9.08. The highest BCUT2D eigenvalue weighted by Crippen LogP contribution is 2.44. The van der Waals surface area contributed by atoms with Crippen molar-refractivity contribution in [1.82, 2.24) is 15.1 Å². The third-order valence-electron chi connectivity index (χ3n) is 7.14. The molecule has 2 aliphatic rings. The van der Waals surface area contributed by atoms with E-state index >= 15 is 0 Å². The van der Waals surface area contributed by atoms with Crippen molar-refractivity contribution in [2.75, 3.05) is 35.5 Å². The molecule has 1 saturated carbocycles. The second-order valence-corrected chi connectivity index (χ2v) is 12.4. The first-order chi connectivity index (χ1) is 20.9. The molecule has 1 aliphatic carbocycles. The van der Waals surface area contributed by atoms with E-state index in [9.17, 15) is 45.1 Å². The second-order valence-electron chi connectivity index (χ2n) is 10.6. The summed E-state index contributed by atoms with van der Waals surface area (Å²) in [4.78, 5) is 23.6. The second kappa shape index (κ2) is 12.2. The molecule has 0 spiro atoms. The number of hydrogen-bond acceptors (Lipinski definition) is 9. The fraction of sp³-hybridized carbons (Fsp3) is 0.520. The van der Waals surface area contributed by atoms with Gasteiger partial charge in [0.15, 0.2) is 4.90 Å². The molecule has 2 aromatic rings. The number of nitriles is 1. The largest absolute Gasteiger partial charge is 0.484 e. The first kappa shape index (κ1) is 33.5. The van der Waals surface area contributed by atoms with E-state index in [2.05, 4.69) is 10.4 Å². The number of anilines is 2. The zero-order chi connectivity index (χ0) is 33.5. The number of hydrogen-bond donors (Lipinski definition) is 3. The minimum Gasteiger partial charge on any atom is -0.484 e. The fourth-order valence-electron chi connectivity index (χ4n) is 4.54. The molecular formula is C25H27F5N6O8S. The number of ether oxygens (including phenoxy) is 2. The molecule has 45 heavy (non-hydrogen) atoms. The summed E-state index contributed by atoms with van der Waals surface area (Å²) in [7, 11) is -4.98. The van der Waals surface area contributed by atoms with Crippen LogP contribution in [0.4, 0.5) is 38.1 Å². The molecule has 2 amide bonds. The molecule has 4 rings (SSSR count). The van der Waals surface area contributed by atoms with Gasteiger partial charge < -0.3 is 25.0 Å². The van der Waals surface area contributed by atoms with Crippen LogP contribution in [0.25, 0.3) is 0 Å². The zero-order valence-corrected chi connectivity index (χ0v) is 24.3. The molecular weight excluding hydrogens is 639 g/mol. The summed E-state index contributed by atoms with van der Waals surface area (Å²) in [5, 5.41) is 33.8. The predicted octanol–water partition coefficient (Wildman–Crippen LogP) is 2.71. The lowest BCUT2D eigenvalue weighted by Gasteiger charge is -2.39. The van der Waals surface area contributed by atoms with Crippen molar-refractivity contribution in [2.24, 2.45) is 11.8 Å². The molecule has 3 atom stereocenters. The van der Waals surface area contributed by atoms with Gasteiger partial charge in [0, 0.05) is 0 Å². The Bertz CT molecular complexity index is 1610. The lowest BCUT2D eigenvalue weighted by atomic mass is 10.0. The van der Waals surface area contributed by atoms with Crippen molar-refractivity contribution in [3.8, 4) is 17.7 Å². The van der Waals surface area contributed by atoms with E-state index in [1.54, 1.807) is 0 Å². The molecule has 14 nitrogen and oxygen atoms in total. The van der Waals surface area contributed by atoms with Crippen molar-refractivity contribution < 1.29 is 59.6 Å². The van der Waals surface area contributed by atoms with E-state index < -0.39 is 100 Å². The van der Waals surface area contributed by atoms with Gasteiger partial charge in [-0.2, -0.15) is 27.2 Å². The number of carbonyl (C=O) groups is 2. The summed E-state index contributed by atoms with van der Waals surface area (Å²) in [6.45, 7) is -4.22. The van der Waals surface area contributed by atoms with Gasteiger partial charge in [-0.1, -0.05) is 0 Å². The van der Waals surface area contributed by atoms with Crippen LogP contribution in [0, 0.1) is 23.2 Å². The smallest absolute Gasteiger partial charge is 0.412 e. The number of fused-ring (bicyclic) bond motifs is 1. The number of halogens is 5. The summed E-state index contributed by atoms with van der Waals surface area (Å²) < 4.78 is 108. The van der Waals surface area contributed by atoms with Crippen LogP contribution < -0.4 is 24.0 Å². The molecule has 3 N–H and O–H groups in total. The third-order valence-corrected chi connectivity index (χ3v) is 8.90. The number of sulfonamides is 1. The summed E-state index contributed by atoms with van der Waals surface area (Å²) in [6, 6.07) is 4.76. The highest BCUT2D eigenvalue weighted by Gasteiger charge is 2.54. The molecule has 20 heteroatoms. The van der Waals surface area contributed by atoms with Crippen LogP contribution >= 0.6 is 0 Å². The van der Waals surface area contributed by atoms with Crippen LogP contribution in [-0.4, -0.2) is 84.5 Å². The number of amides is 2. The van der Waals surface area contributed by atoms with E-state index in [4.69, 9.17) is 19.8 Å². The van der Waals surface area contributed by atoms with Crippen molar-refractivity contribution in [3.05, 3.63) is 24.4 Å². The van der Waals surface area contributed by atoms with Gasteiger partial charge in [-0.05, 0) is 38.5 Å². The molecule has 0 saturated heterocycles. The van der Waals surface area contributed by atoms with Crippen molar-refractivity contribution in [1.29, 1.82) is 5.26 Å². The molecule has 1 fully saturated rings. The minimum atomic E-state index is -5.07. The van der Waals surface area contributed by atoms with Crippen LogP contribution in [0.15, 0.2) is 29.3 Å². The van der Waals surface area contributed by atoms with E-state index in [0.29, 0.717) is 30.8 Å². The Morgan fingerprint density at radius 2 is 2.00 bits per heavy atom. The number of nitrogens with zero attached hydrogens (tertiary/aromatic N) is 5. The molecule has 1 aliphatic heterocycles. The number of aliphatic hydroxyl groups excluding tert-OH is 1. The van der Waals surface area contributed by atoms with Crippen LogP contribution in [0.1, 0.15) is 26.8 Å². The van der Waals surface area contributed by atoms with Crippen LogP contribution in [0.3, 0.4) is 0 Å². The summed E-state index contributed by atoms with van der Waals surface area (Å²) >= 11 is 0. The average molecular weight is 667 g/mol. The van der Waals surface area contributed by atoms with Gasteiger partial charge in [0.2, 0.25) is 5.91 Å². The van der Waals surface area contributed by atoms with Gasteiger partial charge in [0.25, 0.3) is 15.9 Å². The number of carboxylic acid groups (broad SMARTS) is 1. The highest BCUT2D eigenvalue weighted by atomic mass is 32.2. The first-order valence-electron chi connectivity index (χ1n) is 13.2. The maximum Gasteiger partial charge on any atom is 0.412 e. The Balaban J connectivity index is 1.80. The highest BCUT2D eigenvalue weighted by molar-refractivity contribution is 7.93. The molecule has 0 bridgehead atoms. The monoisotopic (exact) mass is 666 g/mol. The Labute approximate surface area is 252 Å². The van der Waals surface area contributed by atoms with E-state index in [-0.39, 0.29) is 21.9 Å². The molecule has 0 radical (unpaired) electrons. The fourth-order valence-corrected chi connectivity index (χ4v) is 6.10. The maximum absolute atomic E-state index is 14.0. The average Bonchev–Trinajstić information content (AvgIpc) is 3.62. The van der Waals surface area contributed by atoms with Crippen LogP contribution in [0.5, 0.6) is 11.6 Å². The van der Waals surface area contributed by atoms with Crippen molar-refractivity contribution in [2.45, 2.75) is 49.5 Å². The summed E-state index contributed by atoms with van der Waals surface area (Å²) in [6.07, 6.45) is -7.44. The number of alkyl halides is 5. The van der Waals surface area contributed by atoms with Gasteiger partial charge in [-0.25, -0.2) is 17.9 Å². The van der Waals surface area contributed by atoms with Crippen molar-refractivity contribution in [3.63, 3.8) is 0 Å². The topological polar surface area (TPSA) is 187 Å². The Hall–Kier alpha value is -4.38. The Morgan fingerprint density at radius 3 is 2.56 bits per heavy atom. The normalized spacial score (nSPS) is 19.7. The Morgan fingerprint density at radius 1 is 1.31 bits per heavy atom. The van der Waals surface area contributed by atoms with Gasteiger partial charge in [-0.3, -0.25) is 14.0 Å². The molecule has 1 aromatic carbocycles. The van der Waals surface area contributed by atoms with E-state index in [1.807, 2.05) is 6.07 Å². The predicted molar refractivity (Wildman–Crippen MR) is 142 cm³/mol. The van der Waals surface area contributed by atoms with E-state index in [0.717, 1.165) is 18.2 Å². The first-order valence-corrected chi connectivity index (χ1v) is 14.6. The molecule has 1 aromatic heterocycles. The number of aromatic nitrogens is 2. The van der Waals surface area contributed by atoms with Crippen LogP contribution in [0.2, 0.25) is 0 Å². The summed E-state index contributed by atoms with van der Waals surface area (Å²) in [5.74, 6) is -2.62. The SMILES string of the molecule is CC(C)(N(C(=O)O)c1ccc2c(c1)N(S(=O)(=O)c1cn(C(F)F)nc1OCCO)C[C@H](CNC(=O)[C@@H]1C[C@@H]1C#N)O2)C(F)(F)F. The molecule has 0 unspecified atom stereocenters. The third kappa shape index (κ3) is 6.54. The maximum atomic E-state index is 14.0. The molecule has 2 heterocycles. The number of benzene rings is 1. The van der Waals surface area contributed by atoms with Gasteiger partial charge in [-0.15, -0.1) is 5.10 Å². The number of carbonyl (C=O) groups excluding carboxylic acids is 1. The lowest BCUT2D eigenvalue weighted by Crippen LogP contribution is -2.57. The number of rotatable bonds is 11.